The fourth-order valence-corrected chi connectivity index (χ4v) is 3.12. The zero-order valence-corrected chi connectivity index (χ0v) is 13.3. The molecule has 7 heteroatoms. The quantitative estimate of drug-likeness (QED) is 0.910. The summed E-state index contributed by atoms with van der Waals surface area (Å²) in [6, 6.07) is 8.58. The molecule has 6 nitrogen and oxygen atoms in total. The number of hydrogen-bond donors (Lipinski definition) is 1. The lowest BCUT2D eigenvalue weighted by molar-refractivity contribution is 0.0701. The van der Waals surface area contributed by atoms with E-state index in [0.29, 0.717) is 29.5 Å². The smallest absolute Gasteiger partial charge is 0.345 e. The van der Waals surface area contributed by atoms with Gasteiger partial charge in [-0.2, -0.15) is 0 Å². The Kier molecular flexibility index (Phi) is 4.20. The molecule has 1 aliphatic rings. The highest BCUT2D eigenvalue weighted by atomic mass is 32.1. The number of benzene rings is 1. The van der Waals surface area contributed by atoms with E-state index in [2.05, 4.69) is 0 Å². The normalized spacial score (nSPS) is 12.2. The molecular weight excluding hydrogens is 318 g/mol. The Labute approximate surface area is 136 Å². The highest BCUT2D eigenvalue weighted by Crippen LogP contribution is 2.33. The zero-order valence-electron chi connectivity index (χ0n) is 12.4. The Morgan fingerprint density at radius 3 is 2.61 bits per heavy atom. The van der Waals surface area contributed by atoms with Gasteiger partial charge in [-0.3, -0.25) is 4.79 Å². The van der Waals surface area contributed by atoms with Gasteiger partial charge < -0.3 is 19.5 Å². The van der Waals surface area contributed by atoms with Gasteiger partial charge in [-0.05, 0) is 36.8 Å². The summed E-state index contributed by atoms with van der Waals surface area (Å²) in [6.07, 6.45) is 0. The molecule has 0 bridgehead atoms. The number of rotatable bonds is 5. The van der Waals surface area contributed by atoms with Crippen LogP contribution in [0.4, 0.5) is 0 Å². The average molecular weight is 333 g/mol. The molecule has 0 spiro atoms. The first kappa shape index (κ1) is 15.4. The molecule has 0 aliphatic carbocycles. The Morgan fingerprint density at radius 1 is 1.17 bits per heavy atom. The fourth-order valence-electron chi connectivity index (χ4n) is 2.31. The molecule has 2 aromatic rings. The van der Waals surface area contributed by atoms with Crippen LogP contribution in [0.15, 0.2) is 30.3 Å². The summed E-state index contributed by atoms with van der Waals surface area (Å²) in [5.41, 5.74) is 0.930. The number of carboxylic acid groups (broad SMARTS) is 1. The number of nitrogens with zero attached hydrogens (tertiary/aromatic N) is 1. The minimum absolute atomic E-state index is 0.160. The SMILES string of the molecule is CCN(Cc1ccc2c(c1)OCO2)C(=O)c1ccc(C(=O)O)s1. The Morgan fingerprint density at radius 2 is 1.91 bits per heavy atom. The van der Waals surface area contributed by atoms with Crippen molar-refractivity contribution < 1.29 is 24.2 Å². The highest BCUT2D eigenvalue weighted by molar-refractivity contribution is 7.15. The molecule has 0 radical (unpaired) electrons. The van der Waals surface area contributed by atoms with Crippen LogP contribution >= 0.6 is 11.3 Å². The lowest BCUT2D eigenvalue weighted by atomic mass is 10.2. The summed E-state index contributed by atoms with van der Waals surface area (Å²) in [4.78, 5) is 25.7. The summed E-state index contributed by atoms with van der Waals surface area (Å²) in [6.45, 7) is 3.04. The molecule has 0 atom stereocenters. The van der Waals surface area contributed by atoms with Crippen molar-refractivity contribution in [1.29, 1.82) is 0 Å². The molecule has 0 saturated carbocycles. The number of carbonyl (C=O) groups is 2. The van der Waals surface area contributed by atoms with Gasteiger partial charge in [0, 0.05) is 13.1 Å². The third-order valence-electron chi connectivity index (χ3n) is 3.51. The number of carboxylic acids is 1. The van der Waals surface area contributed by atoms with Gasteiger partial charge in [0.25, 0.3) is 5.91 Å². The zero-order chi connectivity index (χ0) is 16.4. The molecule has 0 saturated heterocycles. The van der Waals surface area contributed by atoms with Crippen LogP contribution in [-0.4, -0.2) is 35.2 Å². The number of aromatic carboxylic acids is 1. The Bertz CT molecular complexity index is 755. The summed E-state index contributed by atoms with van der Waals surface area (Å²) < 4.78 is 10.6. The van der Waals surface area contributed by atoms with E-state index in [1.165, 1.54) is 6.07 Å². The van der Waals surface area contributed by atoms with Crippen LogP contribution in [0.3, 0.4) is 0 Å². The first-order valence-electron chi connectivity index (χ1n) is 7.09. The van der Waals surface area contributed by atoms with Gasteiger partial charge in [0.2, 0.25) is 6.79 Å². The first-order valence-corrected chi connectivity index (χ1v) is 7.91. The minimum atomic E-state index is -1.02. The van der Waals surface area contributed by atoms with Crippen molar-refractivity contribution in [3.63, 3.8) is 0 Å². The van der Waals surface area contributed by atoms with Crippen LogP contribution in [0.5, 0.6) is 11.5 Å². The molecule has 23 heavy (non-hydrogen) atoms. The lowest BCUT2D eigenvalue weighted by Crippen LogP contribution is -2.29. The van der Waals surface area contributed by atoms with Gasteiger partial charge in [-0.1, -0.05) is 6.07 Å². The highest BCUT2D eigenvalue weighted by Gasteiger charge is 2.20. The van der Waals surface area contributed by atoms with Crippen molar-refractivity contribution in [3.05, 3.63) is 45.6 Å². The largest absolute Gasteiger partial charge is 0.477 e. The van der Waals surface area contributed by atoms with E-state index in [9.17, 15) is 9.59 Å². The number of thiophene rings is 1. The van der Waals surface area contributed by atoms with Crippen LogP contribution in [-0.2, 0) is 6.54 Å². The predicted molar refractivity (Wildman–Crippen MR) is 84.3 cm³/mol. The van der Waals surface area contributed by atoms with E-state index in [1.54, 1.807) is 11.0 Å². The monoisotopic (exact) mass is 333 g/mol. The molecule has 1 aromatic carbocycles. The van der Waals surface area contributed by atoms with Gasteiger partial charge in [-0.25, -0.2) is 4.79 Å². The molecule has 120 valence electrons. The van der Waals surface area contributed by atoms with E-state index in [4.69, 9.17) is 14.6 Å². The third kappa shape index (κ3) is 3.14. The van der Waals surface area contributed by atoms with Gasteiger partial charge in [0.05, 0.1) is 4.88 Å². The Hall–Kier alpha value is -2.54. The van der Waals surface area contributed by atoms with Crippen LogP contribution < -0.4 is 9.47 Å². The van der Waals surface area contributed by atoms with Crippen molar-refractivity contribution in [2.75, 3.05) is 13.3 Å². The maximum absolute atomic E-state index is 12.5. The first-order chi connectivity index (χ1) is 11.1. The van der Waals surface area contributed by atoms with Crippen LogP contribution in [0, 0.1) is 0 Å². The number of fused-ring (bicyclic) bond motifs is 1. The second-order valence-corrected chi connectivity index (χ2v) is 6.06. The summed E-state index contributed by atoms with van der Waals surface area (Å²) in [7, 11) is 0. The molecule has 0 fully saturated rings. The van der Waals surface area contributed by atoms with E-state index in [0.717, 1.165) is 16.9 Å². The van der Waals surface area contributed by atoms with Crippen LogP contribution in [0.25, 0.3) is 0 Å². The average Bonchev–Trinajstić information content (AvgIpc) is 3.20. The lowest BCUT2D eigenvalue weighted by Gasteiger charge is -2.20. The van der Waals surface area contributed by atoms with Gasteiger partial charge in [0.15, 0.2) is 11.5 Å². The number of carbonyl (C=O) groups excluding carboxylic acids is 1. The van der Waals surface area contributed by atoms with Gasteiger partial charge in [-0.15, -0.1) is 11.3 Å². The second-order valence-electron chi connectivity index (χ2n) is 4.98. The van der Waals surface area contributed by atoms with E-state index >= 15 is 0 Å². The fraction of sp³-hybridized carbons (Fsp3) is 0.250. The van der Waals surface area contributed by atoms with Crippen molar-refractivity contribution in [3.8, 4) is 11.5 Å². The molecule has 2 heterocycles. The maximum Gasteiger partial charge on any atom is 0.345 e. The summed E-state index contributed by atoms with van der Waals surface area (Å²) in [5.74, 6) is 0.179. The maximum atomic E-state index is 12.5. The number of hydrogen-bond acceptors (Lipinski definition) is 5. The number of ether oxygens (including phenoxy) is 2. The molecule has 1 N–H and O–H groups in total. The van der Waals surface area contributed by atoms with Gasteiger partial charge in [0.1, 0.15) is 4.88 Å². The predicted octanol–water partition coefficient (Wildman–Crippen LogP) is 2.84. The van der Waals surface area contributed by atoms with Crippen molar-refractivity contribution in [1.82, 2.24) is 4.90 Å². The third-order valence-corrected chi connectivity index (χ3v) is 4.57. The van der Waals surface area contributed by atoms with E-state index in [1.807, 2.05) is 25.1 Å². The van der Waals surface area contributed by atoms with Crippen molar-refractivity contribution in [2.24, 2.45) is 0 Å². The molecular formula is C16H15NO5S. The van der Waals surface area contributed by atoms with Crippen molar-refractivity contribution in [2.45, 2.75) is 13.5 Å². The van der Waals surface area contributed by atoms with E-state index in [-0.39, 0.29) is 17.6 Å². The molecule has 1 aromatic heterocycles. The van der Waals surface area contributed by atoms with Crippen LogP contribution in [0.2, 0.25) is 0 Å². The van der Waals surface area contributed by atoms with Crippen LogP contribution in [0.1, 0.15) is 31.8 Å². The van der Waals surface area contributed by atoms with Crippen molar-refractivity contribution >= 4 is 23.2 Å². The summed E-state index contributed by atoms with van der Waals surface area (Å²) in [5, 5.41) is 8.96. The number of amides is 1. The Balaban J connectivity index is 1.76. The minimum Gasteiger partial charge on any atom is -0.477 e. The standard InChI is InChI=1S/C16H15NO5S/c1-2-17(15(18)13-5-6-14(23-13)16(19)20)8-10-3-4-11-12(7-10)22-9-21-11/h3-7H,2,8-9H2,1H3,(H,19,20). The van der Waals surface area contributed by atoms with E-state index < -0.39 is 5.97 Å². The molecule has 0 unspecified atom stereocenters. The second kappa shape index (κ2) is 6.29. The topological polar surface area (TPSA) is 76.1 Å². The molecule has 3 rings (SSSR count). The summed E-state index contributed by atoms with van der Waals surface area (Å²) >= 11 is 0.988. The molecule has 1 amide bonds. The molecule has 1 aliphatic heterocycles. The van der Waals surface area contributed by atoms with Gasteiger partial charge >= 0.3 is 5.97 Å².